The Hall–Kier alpha value is -2.37. The largest absolute Gasteiger partial charge is 0.506 e. The summed E-state index contributed by atoms with van der Waals surface area (Å²) in [5.41, 5.74) is 0.645. The molecule has 0 aliphatic carbocycles. The smallest absolute Gasteiger partial charge is 0.434 e. The third-order valence-electron chi connectivity index (χ3n) is 4.10. The number of aromatic nitrogens is 2. The van der Waals surface area contributed by atoms with Gasteiger partial charge >= 0.3 is 6.18 Å². The van der Waals surface area contributed by atoms with Crippen molar-refractivity contribution < 1.29 is 23.1 Å². The average Bonchev–Trinajstić information content (AvgIpc) is 3.15. The number of rotatable bonds is 4. The van der Waals surface area contributed by atoms with Crippen LogP contribution in [0.4, 0.5) is 13.2 Å². The lowest BCUT2D eigenvalue weighted by Gasteiger charge is -2.12. The molecule has 0 spiro atoms. The number of alkyl halides is 3. The number of halogens is 6. The highest BCUT2D eigenvalue weighted by Gasteiger charge is 2.40. The first kappa shape index (κ1) is 23.3. The number of nitrogens with zero attached hydrogens (tertiary/aromatic N) is 3. The SMILES string of the molecule is C/C(=N\NC(=O)c1cnn(-c2ccc(Cl)cc2)c1C(F)(F)F)c1cc(Br)cc(Br)c1O. The molecule has 1 aromatic heterocycles. The maximum Gasteiger partial charge on any atom is 0.434 e. The van der Waals surface area contributed by atoms with E-state index >= 15 is 0 Å². The van der Waals surface area contributed by atoms with E-state index in [0.29, 0.717) is 18.6 Å². The molecule has 0 saturated heterocycles. The second-order valence-electron chi connectivity index (χ2n) is 6.21. The van der Waals surface area contributed by atoms with E-state index in [9.17, 15) is 23.1 Å². The van der Waals surface area contributed by atoms with Crippen molar-refractivity contribution in [1.29, 1.82) is 0 Å². The molecule has 0 radical (unpaired) electrons. The first-order chi connectivity index (χ1) is 14.5. The van der Waals surface area contributed by atoms with Crippen LogP contribution in [0.3, 0.4) is 0 Å². The summed E-state index contributed by atoms with van der Waals surface area (Å²) in [4.78, 5) is 12.5. The Morgan fingerprint density at radius 2 is 1.84 bits per heavy atom. The predicted octanol–water partition coefficient (Wildman–Crippen LogP) is 5.93. The van der Waals surface area contributed by atoms with E-state index in [1.807, 2.05) is 0 Å². The molecule has 1 heterocycles. The van der Waals surface area contributed by atoms with Gasteiger partial charge in [0, 0.05) is 15.1 Å². The van der Waals surface area contributed by atoms with Crippen LogP contribution in [-0.4, -0.2) is 26.5 Å². The van der Waals surface area contributed by atoms with Gasteiger partial charge in [0.15, 0.2) is 5.69 Å². The zero-order valence-electron chi connectivity index (χ0n) is 15.5. The summed E-state index contributed by atoms with van der Waals surface area (Å²) in [5, 5.41) is 18.0. The van der Waals surface area contributed by atoms with Crippen molar-refractivity contribution in [3.05, 3.63) is 73.4 Å². The van der Waals surface area contributed by atoms with Crippen molar-refractivity contribution >= 4 is 55.1 Å². The number of aromatic hydroxyl groups is 1. The van der Waals surface area contributed by atoms with E-state index < -0.39 is 23.3 Å². The average molecular weight is 581 g/mol. The lowest BCUT2D eigenvalue weighted by Crippen LogP contribution is -2.24. The van der Waals surface area contributed by atoms with Crippen molar-refractivity contribution in [2.24, 2.45) is 5.10 Å². The predicted molar refractivity (Wildman–Crippen MR) is 117 cm³/mol. The van der Waals surface area contributed by atoms with Crippen LogP contribution >= 0.6 is 43.5 Å². The van der Waals surface area contributed by atoms with Crippen molar-refractivity contribution in [3.63, 3.8) is 0 Å². The number of hydrazone groups is 1. The molecule has 12 heteroatoms. The summed E-state index contributed by atoms with van der Waals surface area (Å²) in [6.45, 7) is 1.48. The fourth-order valence-corrected chi connectivity index (χ4v) is 4.01. The Morgan fingerprint density at radius 1 is 1.19 bits per heavy atom. The van der Waals surface area contributed by atoms with Gasteiger partial charge in [0.1, 0.15) is 5.75 Å². The number of benzene rings is 2. The molecule has 3 rings (SSSR count). The molecule has 2 N–H and O–H groups in total. The molecule has 162 valence electrons. The third-order valence-corrected chi connectivity index (χ3v) is 5.41. The minimum absolute atomic E-state index is 0.0827. The van der Waals surface area contributed by atoms with E-state index in [1.165, 1.54) is 31.2 Å². The zero-order chi connectivity index (χ0) is 22.9. The molecule has 1 amide bonds. The van der Waals surface area contributed by atoms with Crippen molar-refractivity contribution in [1.82, 2.24) is 15.2 Å². The Bertz CT molecular complexity index is 1180. The Morgan fingerprint density at radius 3 is 2.45 bits per heavy atom. The second-order valence-corrected chi connectivity index (χ2v) is 8.42. The monoisotopic (exact) mass is 578 g/mol. The zero-order valence-corrected chi connectivity index (χ0v) is 19.4. The topological polar surface area (TPSA) is 79.5 Å². The lowest BCUT2D eigenvalue weighted by atomic mass is 10.1. The van der Waals surface area contributed by atoms with Crippen LogP contribution < -0.4 is 5.43 Å². The maximum atomic E-state index is 13.7. The number of hydrogen-bond donors (Lipinski definition) is 2. The molecule has 2 aromatic carbocycles. The summed E-state index contributed by atoms with van der Waals surface area (Å²) in [7, 11) is 0. The molecule has 0 atom stereocenters. The van der Waals surface area contributed by atoms with Gasteiger partial charge in [-0.3, -0.25) is 4.79 Å². The summed E-state index contributed by atoms with van der Waals surface area (Å²) < 4.78 is 42.8. The standard InChI is InChI=1S/C19H12Br2ClF3N4O2/c1-9(13-6-10(20)7-15(21)16(13)30)27-28-18(31)14-8-26-29(17(14)19(23,24)25)12-4-2-11(22)3-5-12/h2-8,30H,1H3,(H,28,31)/b27-9+. The number of carbonyl (C=O) groups excluding carboxylic acids is 1. The highest BCUT2D eigenvalue weighted by atomic mass is 79.9. The second kappa shape index (κ2) is 9.01. The van der Waals surface area contributed by atoms with Crippen LogP contribution in [0.25, 0.3) is 5.69 Å². The van der Waals surface area contributed by atoms with Gasteiger partial charge in [0.25, 0.3) is 5.91 Å². The van der Waals surface area contributed by atoms with Gasteiger partial charge in [0.05, 0.1) is 27.6 Å². The van der Waals surface area contributed by atoms with E-state index in [1.54, 1.807) is 12.1 Å². The van der Waals surface area contributed by atoms with Crippen molar-refractivity contribution in [2.75, 3.05) is 0 Å². The maximum absolute atomic E-state index is 13.7. The van der Waals surface area contributed by atoms with Crippen LogP contribution in [-0.2, 0) is 6.18 Å². The molecular weight excluding hydrogens is 568 g/mol. The molecule has 0 aliphatic rings. The fourth-order valence-electron chi connectivity index (χ4n) is 2.66. The fraction of sp³-hybridized carbons (Fsp3) is 0.105. The van der Waals surface area contributed by atoms with E-state index in [0.717, 1.165) is 6.20 Å². The van der Waals surface area contributed by atoms with Crippen LogP contribution in [0.5, 0.6) is 5.75 Å². The molecule has 0 saturated carbocycles. The quantitative estimate of drug-likeness (QED) is 0.297. The minimum atomic E-state index is -4.87. The van der Waals surface area contributed by atoms with Gasteiger partial charge in [-0.25, -0.2) is 10.1 Å². The first-order valence-electron chi connectivity index (χ1n) is 8.43. The molecule has 3 aromatic rings. The lowest BCUT2D eigenvalue weighted by molar-refractivity contribution is -0.143. The Balaban J connectivity index is 1.95. The van der Waals surface area contributed by atoms with Crippen LogP contribution in [0.1, 0.15) is 28.5 Å². The molecule has 0 fully saturated rings. The van der Waals surface area contributed by atoms with Gasteiger partial charge in [-0.05, 0) is 59.3 Å². The van der Waals surface area contributed by atoms with Gasteiger partial charge < -0.3 is 5.11 Å². The normalized spacial score (nSPS) is 12.2. The number of nitrogens with one attached hydrogen (secondary N) is 1. The van der Waals surface area contributed by atoms with Gasteiger partial charge in [-0.2, -0.15) is 23.4 Å². The molecule has 31 heavy (non-hydrogen) atoms. The molecule has 6 nitrogen and oxygen atoms in total. The molecular formula is C19H12Br2ClF3N4O2. The molecule has 0 bridgehead atoms. The summed E-state index contributed by atoms with van der Waals surface area (Å²) in [6.07, 6.45) is -4.06. The van der Waals surface area contributed by atoms with E-state index in [4.69, 9.17) is 11.6 Å². The minimum Gasteiger partial charge on any atom is -0.506 e. The number of amides is 1. The van der Waals surface area contributed by atoms with Crippen molar-refractivity contribution in [3.8, 4) is 11.4 Å². The summed E-state index contributed by atoms with van der Waals surface area (Å²) >= 11 is 12.2. The highest BCUT2D eigenvalue weighted by Crippen LogP contribution is 2.34. The van der Waals surface area contributed by atoms with Gasteiger partial charge in [-0.1, -0.05) is 27.5 Å². The van der Waals surface area contributed by atoms with E-state index in [-0.39, 0.29) is 22.7 Å². The Labute approximate surface area is 196 Å². The van der Waals surface area contributed by atoms with Gasteiger partial charge in [0.2, 0.25) is 0 Å². The van der Waals surface area contributed by atoms with Crippen LogP contribution in [0, 0.1) is 0 Å². The van der Waals surface area contributed by atoms with E-state index in [2.05, 4.69) is 47.5 Å². The van der Waals surface area contributed by atoms with Crippen molar-refractivity contribution in [2.45, 2.75) is 13.1 Å². The molecule has 0 unspecified atom stereocenters. The third kappa shape index (κ3) is 5.10. The molecule has 0 aliphatic heterocycles. The first-order valence-corrected chi connectivity index (χ1v) is 10.4. The Kier molecular flexibility index (Phi) is 6.77. The number of phenolic OH excluding ortho intramolecular Hbond substituents is 1. The summed E-state index contributed by atoms with van der Waals surface area (Å²) in [6, 6.07) is 8.67. The van der Waals surface area contributed by atoms with Crippen LogP contribution in [0.2, 0.25) is 5.02 Å². The number of hydrogen-bond acceptors (Lipinski definition) is 4. The number of carbonyl (C=O) groups is 1. The summed E-state index contributed by atoms with van der Waals surface area (Å²) in [5.74, 6) is -1.24. The number of phenols is 1. The highest BCUT2D eigenvalue weighted by molar-refractivity contribution is 9.11. The van der Waals surface area contributed by atoms with Crippen LogP contribution in [0.15, 0.2) is 56.6 Å². The van der Waals surface area contributed by atoms with Gasteiger partial charge in [-0.15, -0.1) is 0 Å².